The first kappa shape index (κ1) is 27.4. The largest absolute Gasteiger partial charge is 0.468 e. The van der Waals surface area contributed by atoms with E-state index in [1.165, 1.54) is 24.9 Å². The third kappa shape index (κ3) is 5.60. The molecule has 14 nitrogen and oxygen atoms in total. The average Bonchev–Trinajstić information content (AvgIpc) is 3.53. The Kier molecular flexibility index (Phi) is 7.31. The van der Waals surface area contributed by atoms with E-state index >= 15 is 0 Å². The van der Waals surface area contributed by atoms with E-state index in [0.29, 0.717) is 0 Å². The smallest absolute Gasteiger partial charge is 0.459 e. The zero-order valence-electron chi connectivity index (χ0n) is 21.5. The number of para-hydroxylation sites is 1. The maximum absolute atomic E-state index is 14.0. The lowest BCUT2D eigenvalue weighted by atomic mass is 10.1. The first-order valence-electron chi connectivity index (χ1n) is 12.0. The third-order valence-corrected chi connectivity index (χ3v) is 7.75. The molecule has 1 aromatic carbocycles. The summed E-state index contributed by atoms with van der Waals surface area (Å²) in [7, 11) is -2.94. The molecule has 3 N–H and O–H groups in total. The van der Waals surface area contributed by atoms with Gasteiger partial charge in [0.2, 0.25) is 0 Å². The zero-order chi connectivity index (χ0) is 27.9. The van der Waals surface area contributed by atoms with E-state index in [9.17, 15) is 13.8 Å². The molecule has 0 radical (unpaired) electrons. The van der Waals surface area contributed by atoms with Crippen molar-refractivity contribution in [1.29, 1.82) is 0 Å². The van der Waals surface area contributed by atoms with Crippen LogP contribution in [-0.2, 0) is 32.8 Å². The Morgan fingerprint density at radius 2 is 1.97 bits per heavy atom. The Bertz CT molecular complexity index is 1410. The zero-order valence-corrected chi connectivity index (χ0v) is 22.4. The molecule has 16 heteroatoms. The Hall–Kier alpha value is -3.20. The molecular formula is C23H28FN6O8P. The Morgan fingerprint density at radius 3 is 2.69 bits per heavy atom. The van der Waals surface area contributed by atoms with E-state index in [0.717, 1.165) is 0 Å². The van der Waals surface area contributed by atoms with E-state index in [1.807, 2.05) is 0 Å². The molecule has 6 atom stereocenters. The minimum Gasteiger partial charge on any atom is -0.468 e. The monoisotopic (exact) mass is 566 g/mol. The second kappa shape index (κ2) is 10.4. The van der Waals surface area contributed by atoms with Gasteiger partial charge in [-0.15, -0.1) is 0 Å². The number of rotatable bonds is 9. The highest BCUT2D eigenvalue weighted by Gasteiger charge is 2.56. The van der Waals surface area contributed by atoms with Crippen molar-refractivity contribution >= 4 is 30.7 Å². The van der Waals surface area contributed by atoms with Crippen LogP contribution in [-0.4, -0.2) is 69.3 Å². The van der Waals surface area contributed by atoms with Crippen LogP contribution in [0.4, 0.5) is 10.2 Å². The lowest BCUT2D eigenvalue weighted by Crippen LogP contribution is -2.37. The minimum absolute atomic E-state index is 0.102. The van der Waals surface area contributed by atoms with E-state index in [4.69, 9.17) is 33.7 Å². The number of hydrogen-bond donors (Lipinski definition) is 2. The van der Waals surface area contributed by atoms with Gasteiger partial charge in [-0.1, -0.05) is 18.2 Å². The van der Waals surface area contributed by atoms with Crippen molar-refractivity contribution in [2.75, 3.05) is 19.5 Å². The topological polar surface area (TPSA) is 171 Å². The van der Waals surface area contributed by atoms with Gasteiger partial charge in [0, 0.05) is 0 Å². The van der Waals surface area contributed by atoms with Crippen LogP contribution in [0.2, 0.25) is 0 Å². The van der Waals surface area contributed by atoms with Gasteiger partial charge in [-0.3, -0.25) is 13.9 Å². The van der Waals surface area contributed by atoms with Crippen LogP contribution in [0, 0.1) is 6.08 Å². The summed E-state index contributed by atoms with van der Waals surface area (Å²) in [5.74, 6) is -1.53. The molecule has 2 aromatic heterocycles. The molecule has 0 aliphatic carbocycles. The fourth-order valence-electron chi connectivity index (χ4n) is 4.46. The predicted octanol–water partition coefficient (Wildman–Crippen LogP) is 2.32. The molecule has 3 aromatic rings. The summed E-state index contributed by atoms with van der Waals surface area (Å²) in [6.07, 6.45) is -2.72. The molecule has 5 rings (SSSR count). The second-order valence-corrected chi connectivity index (χ2v) is 11.1. The van der Waals surface area contributed by atoms with Gasteiger partial charge < -0.3 is 29.2 Å². The van der Waals surface area contributed by atoms with Crippen LogP contribution in [0.3, 0.4) is 0 Å². The summed E-state index contributed by atoms with van der Waals surface area (Å²) in [5.41, 5.74) is 6.10. The number of halogens is 1. The number of fused-ring (bicyclic) bond motifs is 2. The highest BCUT2D eigenvalue weighted by molar-refractivity contribution is 7.52. The fourth-order valence-corrected chi connectivity index (χ4v) is 5.96. The van der Waals surface area contributed by atoms with Crippen molar-refractivity contribution < 1.29 is 41.7 Å². The van der Waals surface area contributed by atoms with E-state index in [-0.39, 0.29) is 29.3 Å². The van der Waals surface area contributed by atoms with Gasteiger partial charge in [-0.2, -0.15) is 19.4 Å². The molecule has 2 aliphatic rings. The maximum Gasteiger partial charge on any atom is 0.459 e. The van der Waals surface area contributed by atoms with Crippen LogP contribution < -0.4 is 15.3 Å². The number of imidazole rings is 1. The Balaban J connectivity index is 1.40. The van der Waals surface area contributed by atoms with Crippen LogP contribution in [0.15, 0.2) is 36.7 Å². The molecule has 0 bridgehead atoms. The molecule has 2 aliphatic heterocycles. The molecule has 39 heavy (non-hydrogen) atoms. The number of esters is 1. The number of carbonyl (C=O) groups excluding carboxylic acids is 1. The van der Waals surface area contributed by atoms with Gasteiger partial charge in [0.15, 0.2) is 29.0 Å². The first-order chi connectivity index (χ1) is 18.5. The Morgan fingerprint density at radius 1 is 1.26 bits per heavy atom. The highest BCUT2D eigenvalue weighted by Crippen LogP contribution is 2.48. The summed E-state index contributed by atoms with van der Waals surface area (Å²) in [6, 6.07) is 7.31. The molecule has 4 heterocycles. The van der Waals surface area contributed by atoms with Crippen LogP contribution >= 0.6 is 7.75 Å². The molecule has 210 valence electrons. The van der Waals surface area contributed by atoms with Gasteiger partial charge in [-0.05, 0) is 32.9 Å². The molecule has 2 saturated heterocycles. The number of nitrogens with one attached hydrogen (secondary N) is 1. The number of methoxy groups -OCH3 is 1. The number of nitrogen functional groups attached to an aromatic ring is 1. The molecule has 0 amide bonds. The molecule has 0 saturated carbocycles. The van der Waals surface area contributed by atoms with Gasteiger partial charge >= 0.3 is 19.8 Å². The van der Waals surface area contributed by atoms with Gasteiger partial charge in [0.1, 0.15) is 30.1 Å². The van der Waals surface area contributed by atoms with Crippen molar-refractivity contribution in [2.45, 2.75) is 57.1 Å². The molecule has 5 unspecified atom stereocenters. The summed E-state index contributed by atoms with van der Waals surface area (Å²) < 4.78 is 63.7. The fraction of sp³-hybridized carbons (Fsp3) is 0.478. The minimum atomic E-state index is -4.15. The van der Waals surface area contributed by atoms with Crippen LogP contribution in [0.25, 0.3) is 11.2 Å². The van der Waals surface area contributed by atoms with Gasteiger partial charge in [0.25, 0.3) is 0 Å². The van der Waals surface area contributed by atoms with Gasteiger partial charge in [0.05, 0.1) is 20.0 Å². The number of hydrogen-bond acceptors (Lipinski definition) is 12. The number of nitrogens with zero attached hydrogens (tertiary/aromatic N) is 4. The summed E-state index contributed by atoms with van der Waals surface area (Å²) in [4.78, 5) is 23.5. The number of nitrogens with two attached hydrogens (primary N) is 1. The first-order valence-corrected chi connectivity index (χ1v) is 13.5. The van der Waals surface area contributed by atoms with E-state index in [2.05, 4.69) is 20.0 Å². The predicted molar refractivity (Wildman–Crippen MR) is 133 cm³/mol. The number of aromatic nitrogens is 4. The summed E-state index contributed by atoms with van der Waals surface area (Å²) in [5, 5.41) is 2.59. The highest BCUT2D eigenvalue weighted by atomic mass is 31.2. The van der Waals surface area contributed by atoms with Crippen molar-refractivity contribution in [3.8, 4) is 5.75 Å². The normalized spacial score (nSPS) is 26.2. The Labute approximate surface area is 222 Å². The lowest BCUT2D eigenvalue weighted by Gasteiger charge is -2.26. The number of anilines is 1. The standard InChI is InChI=1S/C23H28FN6O8P/c1-12(21(31)33-4)29-39(32,38-13-8-6-5-7-9-13)34-10-14-16-17(37-23(2,3)36-16)20(35-14)30-11-26-15-18(25)27-22(24)28-19(15)30/h5-9,11-12,14,16-17,20H,10H2,1-4H3,(H,29,32)(H2,25,27,28)/t12-,14?,16?,17?,20?,39?/m0/s1. The number of benzene rings is 1. The second-order valence-electron chi connectivity index (χ2n) is 9.40. The molecule has 0 spiro atoms. The number of ether oxygens (including phenoxy) is 4. The summed E-state index contributed by atoms with van der Waals surface area (Å²) in [6.45, 7) is 4.63. The number of carbonyl (C=O) groups is 1. The SMILES string of the molecule is COC(=O)[C@H](C)NP(=O)(OCC1OC(n2cnc3c(N)nc(F)nc32)C2OC(C)(C)OC12)Oc1ccccc1. The van der Waals surface area contributed by atoms with Crippen molar-refractivity contribution in [1.82, 2.24) is 24.6 Å². The molecular weight excluding hydrogens is 538 g/mol. The lowest BCUT2D eigenvalue weighted by molar-refractivity contribution is -0.199. The summed E-state index contributed by atoms with van der Waals surface area (Å²) >= 11 is 0. The van der Waals surface area contributed by atoms with Crippen molar-refractivity contribution in [3.63, 3.8) is 0 Å². The average molecular weight is 566 g/mol. The van der Waals surface area contributed by atoms with Crippen molar-refractivity contribution in [3.05, 3.63) is 42.7 Å². The maximum atomic E-state index is 14.0. The van der Waals surface area contributed by atoms with E-state index in [1.54, 1.807) is 44.2 Å². The van der Waals surface area contributed by atoms with Crippen LogP contribution in [0.1, 0.15) is 27.0 Å². The van der Waals surface area contributed by atoms with Crippen molar-refractivity contribution in [2.24, 2.45) is 0 Å². The molecule has 2 fully saturated rings. The quantitative estimate of drug-likeness (QED) is 0.220. The van der Waals surface area contributed by atoms with Gasteiger partial charge in [-0.25, -0.2) is 9.55 Å². The van der Waals surface area contributed by atoms with Crippen LogP contribution in [0.5, 0.6) is 5.75 Å². The third-order valence-electron chi connectivity index (χ3n) is 6.10. The van der Waals surface area contributed by atoms with E-state index < -0.39 is 56.2 Å².